The zero-order valence-corrected chi connectivity index (χ0v) is 20.9. The highest BCUT2D eigenvalue weighted by Crippen LogP contribution is 2.28. The largest absolute Gasteiger partial charge is 0.325 e. The van der Waals surface area contributed by atoms with E-state index >= 15 is 0 Å². The van der Waals surface area contributed by atoms with Crippen molar-refractivity contribution >= 4 is 56.6 Å². The molecule has 0 heterocycles. The molecule has 0 saturated carbocycles. The summed E-state index contributed by atoms with van der Waals surface area (Å²) in [5, 5.41) is 5.13. The fourth-order valence-corrected chi connectivity index (χ4v) is 5.15. The third kappa shape index (κ3) is 6.96. The van der Waals surface area contributed by atoms with Crippen LogP contribution in [0.3, 0.4) is 0 Å². The summed E-state index contributed by atoms with van der Waals surface area (Å²) in [6, 6.07) is 11.6. The number of nitrogens with one attached hydrogen (secondary N) is 2. The van der Waals surface area contributed by atoms with Crippen LogP contribution in [0.4, 0.5) is 11.4 Å². The maximum atomic E-state index is 12.7. The average molecular weight is 498 g/mol. The number of carbonyl (C=O) groups is 2. The molecule has 2 aromatic rings. The molecular formula is C22H28ClN3O4S2. The van der Waals surface area contributed by atoms with Gasteiger partial charge in [0.15, 0.2) is 0 Å². The van der Waals surface area contributed by atoms with Gasteiger partial charge in [-0.05, 0) is 44.2 Å². The summed E-state index contributed by atoms with van der Waals surface area (Å²) in [5.74, 6) is -0.506. The first kappa shape index (κ1) is 26.2. The standard InChI is InChI=1S/C22H28ClN3O4S2/c1-5-26(6-2)32(29,30)18-11-12-19(23)20(13-18)25-22(28)16(4)31-14-21(27)24-17-9-7-15(3)8-10-17/h7-13,16H,5-6,14H2,1-4H3,(H,24,27)(H,25,28). The summed E-state index contributed by atoms with van der Waals surface area (Å²) < 4.78 is 26.8. The second-order valence-corrected chi connectivity index (χ2v) is 10.8. The van der Waals surface area contributed by atoms with Gasteiger partial charge in [0.2, 0.25) is 21.8 Å². The van der Waals surface area contributed by atoms with Gasteiger partial charge in [-0.15, -0.1) is 11.8 Å². The number of nitrogens with zero attached hydrogens (tertiary/aromatic N) is 1. The smallest absolute Gasteiger partial charge is 0.243 e. The van der Waals surface area contributed by atoms with Crippen molar-refractivity contribution < 1.29 is 18.0 Å². The predicted molar refractivity (Wildman–Crippen MR) is 132 cm³/mol. The number of sulfonamides is 1. The Kier molecular flexibility index (Phi) is 9.57. The number of halogens is 1. The molecule has 0 radical (unpaired) electrons. The summed E-state index contributed by atoms with van der Waals surface area (Å²) >= 11 is 7.35. The minimum Gasteiger partial charge on any atom is -0.325 e. The maximum absolute atomic E-state index is 12.7. The topological polar surface area (TPSA) is 95.6 Å². The van der Waals surface area contributed by atoms with Crippen molar-refractivity contribution in [1.29, 1.82) is 0 Å². The predicted octanol–water partition coefficient (Wildman–Crippen LogP) is 4.38. The molecule has 10 heteroatoms. The number of hydrogen-bond donors (Lipinski definition) is 2. The van der Waals surface area contributed by atoms with E-state index in [4.69, 9.17) is 11.6 Å². The van der Waals surface area contributed by atoms with E-state index in [-0.39, 0.29) is 33.2 Å². The zero-order valence-electron chi connectivity index (χ0n) is 18.5. The van der Waals surface area contributed by atoms with Crippen molar-refractivity contribution in [3.8, 4) is 0 Å². The Balaban J connectivity index is 2.00. The minimum atomic E-state index is -3.69. The van der Waals surface area contributed by atoms with E-state index in [1.54, 1.807) is 20.8 Å². The first-order valence-corrected chi connectivity index (χ1v) is 13.0. The van der Waals surface area contributed by atoms with Gasteiger partial charge < -0.3 is 10.6 Å². The molecule has 2 rings (SSSR count). The molecule has 7 nitrogen and oxygen atoms in total. The number of hydrogen-bond acceptors (Lipinski definition) is 5. The molecular weight excluding hydrogens is 470 g/mol. The first-order valence-electron chi connectivity index (χ1n) is 10.2. The third-order valence-electron chi connectivity index (χ3n) is 4.71. The van der Waals surface area contributed by atoms with Gasteiger partial charge in [-0.25, -0.2) is 8.42 Å². The molecule has 1 atom stereocenters. The molecule has 0 aliphatic carbocycles. The highest BCUT2D eigenvalue weighted by atomic mass is 35.5. The van der Waals surface area contributed by atoms with Crippen LogP contribution in [0.15, 0.2) is 47.4 Å². The Labute approximate surface area is 199 Å². The minimum absolute atomic E-state index is 0.0543. The molecule has 0 fully saturated rings. The van der Waals surface area contributed by atoms with Crippen LogP contribution >= 0.6 is 23.4 Å². The summed E-state index contributed by atoms with van der Waals surface area (Å²) in [5.41, 5.74) is 1.99. The van der Waals surface area contributed by atoms with E-state index in [2.05, 4.69) is 10.6 Å². The number of carbonyl (C=O) groups excluding carboxylic acids is 2. The molecule has 174 valence electrons. The molecule has 2 aromatic carbocycles. The van der Waals surface area contributed by atoms with Crippen LogP contribution in [0, 0.1) is 6.92 Å². The fraction of sp³-hybridized carbons (Fsp3) is 0.364. The van der Waals surface area contributed by atoms with E-state index in [1.807, 2.05) is 31.2 Å². The molecule has 0 aliphatic heterocycles. The molecule has 0 bridgehead atoms. The summed E-state index contributed by atoms with van der Waals surface area (Å²) in [7, 11) is -3.69. The van der Waals surface area contributed by atoms with Crippen molar-refractivity contribution in [2.75, 3.05) is 29.5 Å². The SMILES string of the molecule is CCN(CC)S(=O)(=O)c1ccc(Cl)c(NC(=O)C(C)SCC(=O)Nc2ccc(C)cc2)c1. The van der Waals surface area contributed by atoms with Crippen molar-refractivity contribution in [2.45, 2.75) is 37.8 Å². The van der Waals surface area contributed by atoms with Gasteiger partial charge in [0.05, 0.1) is 26.6 Å². The van der Waals surface area contributed by atoms with Crippen molar-refractivity contribution in [2.24, 2.45) is 0 Å². The highest BCUT2D eigenvalue weighted by molar-refractivity contribution is 8.01. The van der Waals surface area contributed by atoms with E-state index in [9.17, 15) is 18.0 Å². The Bertz CT molecular complexity index is 1060. The average Bonchev–Trinajstić information content (AvgIpc) is 2.75. The molecule has 0 aromatic heterocycles. The van der Waals surface area contributed by atoms with Crippen LogP contribution < -0.4 is 10.6 Å². The van der Waals surface area contributed by atoms with Crippen LogP contribution in [0.5, 0.6) is 0 Å². The molecule has 1 unspecified atom stereocenters. The van der Waals surface area contributed by atoms with Crippen molar-refractivity contribution in [3.05, 3.63) is 53.1 Å². The number of anilines is 2. The van der Waals surface area contributed by atoms with E-state index in [0.717, 1.165) is 5.56 Å². The Morgan fingerprint density at radius 1 is 1.06 bits per heavy atom. The van der Waals surface area contributed by atoms with Gasteiger partial charge >= 0.3 is 0 Å². The molecule has 2 N–H and O–H groups in total. The van der Waals surface area contributed by atoms with Crippen molar-refractivity contribution in [1.82, 2.24) is 4.31 Å². The molecule has 32 heavy (non-hydrogen) atoms. The van der Waals surface area contributed by atoms with Gasteiger partial charge in [0, 0.05) is 18.8 Å². The second kappa shape index (κ2) is 11.7. The number of rotatable bonds is 10. The molecule has 0 aliphatic rings. The lowest BCUT2D eigenvalue weighted by molar-refractivity contribution is -0.115. The lowest BCUT2D eigenvalue weighted by Gasteiger charge is -2.19. The Hall–Kier alpha value is -2.07. The van der Waals surface area contributed by atoms with Crippen molar-refractivity contribution in [3.63, 3.8) is 0 Å². The highest BCUT2D eigenvalue weighted by Gasteiger charge is 2.23. The molecule has 2 amide bonds. The fourth-order valence-electron chi connectivity index (χ4n) is 2.82. The van der Waals surface area contributed by atoms with E-state index in [0.29, 0.717) is 18.8 Å². The van der Waals surface area contributed by atoms with Gasteiger partial charge in [0.1, 0.15) is 0 Å². The number of benzene rings is 2. The molecule has 0 spiro atoms. The van der Waals surface area contributed by atoms with Gasteiger partial charge in [-0.1, -0.05) is 43.1 Å². The van der Waals surface area contributed by atoms with Crippen LogP contribution in [0.1, 0.15) is 26.3 Å². The number of amides is 2. The molecule has 0 saturated heterocycles. The monoisotopic (exact) mass is 497 g/mol. The third-order valence-corrected chi connectivity index (χ3v) is 8.23. The second-order valence-electron chi connectivity index (χ2n) is 7.09. The quantitative estimate of drug-likeness (QED) is 0.508. The summed E-state index contributed by atoms with van der Waals surface area (Å²) in [6.45, 7) is 7.82. The van der Waals surface area contributed by atoms with Crippen LogP contribution in [-0.4, -0.2) is 48.6 Å². The first-order chi connectivity index (χ1) is 15.1. The van der Waals surface area contributed by atoms with Gasteiger partial charge in [0.25, 0.3) is 0 Å². The number of thioether (sulfide) groups is 1. The Morgan fingerprint density at radius 2 is 1.69 bits per heavy atom. The van der Waals surface area contributed by atoms with Gasteiger partial charge in [-0.3, -0.25) is 9.59 Å². The van der Waals surface area contributed by atoms with Crippen LogP contribution in [0.25, 0.3) is 0 Å². The zero-order chi connectivity index (χ0) is 23.9. The summed E-state index contributed by atoms with van der Waals surface area (Å²) in [6.07, 6.45) is 0. The normalized spacial score (nSPS) is 12.4. The van der Waals surface area contributed by atoms with E-state index < -0.39 is 15.3 Å². The lowest BCUT2D eigenvalue weighted by atomic mass is 10.2. The lowest BCUT2D eigenvalue weighted by Crippen LogP contribution is -2.30. The Morgan fingerprint density at radius 3 is 2.28 bits per heavy atom. The van der Waals surface area contributed by atoms with Crippen LogP contribution in [-0.2, 0) is 19.6 Å². The summed E-state index contributed by atoms with van der Waals surface area (Å²) in [4.78, 5) is 24.8. The van der Waals surface area contributed by atoms with Gasteiger partial charge in [-0.2, -0.15) is 4.31 Å². The number of aryl methyl sites for hydroxylation is 1. The van der Waals surface area contributed by atoms with Crippen LogP contribution in [0.2, 0.25) is 5.02 Å². The van der Waals surface area contributed by atoms with E-state index in [1.165, 1.54) is 34.3 Å². The maximum Gasteiger partial charge on any atom is 0.243 e.